The lowest BCUT2D eigenvalue weighted by Gasteiger charge is -2.23. The zero-order chi connectivity index (χ0) is 13.7. The Morgan fingerprint density at radius 3 is 2.60 bits per heavy atom. The summed E-state index contributed by atoms with van der Waals surface area (Å²) in [6.45, 7) is 0.825. The Bertz CT molecular complexity index is 505. The number of rotatable bonds is 3. The van der Waals surface area contributed by atoms with Crippen LogP contribution in [0, 0.1) is 29.6 Å². The van der Waals surface area contributed by atoms with Crippen LogP contribution < -0.4 is 4.74 Å². The van der Waals surface area contributed by atoms with E-state index in [4.69, 9.17) is 16.3 Å². The summed E-state index contributed by atoms with van der Waals surface area (Å²) in [5, 5.41) is 0.490. The van der Waals surface area contributed by atoms with Gasteiger partial charge < -0.3 is 4.74 Å². The average Bonchev–Trinajstić information content (AvgIpc) is 3.10. The summed E-state index contributed by atoms with van der Waals surface area (Å²) < 4.78 is 6.88. The van der Waals surface area contributed by atoms with Crippen LogP contribution in [0.1, 0.15) is 32.1 Å². The minimum atomic E-state index is 0.490. The van der Waals surface area contributed by atoms with E-state index in [0.29, 0.717) is 5.15 Å². The molecule has 1 aromatic rings. The van der Waals surface area contributed by atoms with E-state index in [-0.39, 0.29) is 0 Å². The Balaban J connectivity index is 1.38. The molecule has 0 radical (unpaired) electrons. The van der Waals surface area contributed by atoms with Crippen LogP contribution in [0.3, 0.4) is 0 Å². The van der Waals surface area contributed by atoms with E-state index in [1.807, 2.05) is 0 Å². The second kappa shape index (κ2) is 5.17. The summed E-state index contributed by atoms with van der Waals surface area (Å²) in [5.74, 6) is 5.64. The van der Waals surface area contributed by atoms with Crippen molar-refractivity contribution in [1.29, 1.82) is 0 Å². The number of fused-ring (bicyclic) bond motifs is 5. The van der Waals surface area contributed by atoms with Crippen molar-refractivity contribution in [3.05, 3.63) is 21.9 Å². The molecule has 0 spiro atoms. The molecule has 20 heavy (non-hydrogen) atoms. The minimum Gasteiger partial charge on any atom is -0.492 e. The van der Waals surface area contributed by atoms with Gasteiger partial charge in [-0.05, 0) is 77.6 Å². The van der Waals surface area contributed by atoms with Crippen molar-refractivity contribution in [2.45, 2.75) is 32.1 Å². The summed E-state index contributed by atoms with van der Waals surface area (Å²) >= 11 is 9.40. The lowest BCUT2D eigenvalue weighted by Crippen LogP contribution is -2.15. The number of aromatic nitrogens is 1. The highest BCUT2D eigenvalue weighted by atomic mass is 79.9. The van der Waals surface area contributed by atoms with E-state index in [1.165, 1.54) is 32.1 Å². The summed E-state index contributed by atoms with van der Waals surface area (Å²) in [4.78, 5) is 4.03. The van der Waals surface area contributed by atoms with E-state index < -0.39 is 0 Å². The summed E-state index contributed by atoms with van der Waals surface area (Å²) in [6, 6.07) is 1.80. The van der Waals surface area contributed by atoms with Crippen LogP contribution >= 0.6 is 27.5 Å². The van der Waals surface area contributed by atoms with Gasteiger partial charge in [0, 0.05) is 12.3 Å². The molecule has 1 unspecified atom stereocenters. The van der Waals surface area contributed by atoms with Gasteiger partial charge >= 0.3 is 0 Å². The number of halogens is 2. The maximum absolute atomic E-state index is 5.99. The van der Waals surface area contributed by atoms with Gasteiger partial charge in [-0.3, -0.25) is 0 Å². The summed E-state index contributed by atoms with van der Waals surface area (Å²) in [5.41, 5.74) is 0. The molecule has 0 aliphatic heterocycles. The number of hydrogen-bond acceptors (Lipinski definition) is 2. The van der Waals surface area contributed by atoms with Crippen LogP contribution in [0.15, 0.2) is 16.7 Å². The van der Waals surface area contributed by atoms with Gasteiger partial charge in [0.15, 0.2) is 0 Å². The summed E-state index contributed by atoms with van der Waals surface area (Å²) in [6.07, 6.45) is 8.97. The molecular formula is C16H19BrClNO. The van der Waals surface area contributed by atoms with Crippen LogP contribution in [0.25, 0.3) is 0 Å². The van der Waals surface area contributed by atoms with E-state index in [2.05, 4.69) is 20.9 Å². The van der Waals surface area contributed by atoms with Crippen LogP contribution in [-0.2, 0) is 0 Å². The predicted octanol–water partition coefficient (Wildman–Crippen LogP) is 4.95. The first-order valence-electron chi connectivity index (χ1n) is 7.64. The lowest BCUT2D eigenvalue weighted by atomic mass is 9.82. The monoisotopic (exact) mass is 355 g/mol. The largest absolute Gasteiger partial charge is 0.492 e. The van der Waals surface area contributed by atoms with Crippen LogP contribution in [0.2, 0.25) is 5.15 Å². The molecule has 0 N–H and O–H groups in total. The van der Waals surface area contributed by atoms with Crippen molar-refractivity contribution in [2.75, 3.05) is 6.61 Å². The molecule has 2 nitrogen and oxygen atoms in total. The Kier molecular flexibility index (Phi) is 3.46. The second-order valence-electron chi connectivity index (χ2n) is 6.75. The molecular weight excluding hydrogens is 338 g/mol. The normalized spacial score (nSPS) is 38.2. The molecule has 1 heterocycles. The fraction of sp³-hybridized carbons (Fsp3) is 0.688. The van der Waals surface area contributed by atoms with Gasteiger partial charge in [0.2, 0.25) is 0 Å². The number of pyridine rings is 1. The molecule has 3 aliphatic rings. The first kappa shape index (κ1) is 13.4. The number of ether oxygens (including phenoxy) is 1. The zero-order valence-corrected chi connectivity index (χ0v) is 13.7. The third-order valence-corrected chi connectivity index (χ3v) is 6.55. The molecule has 5 atom stereocenters. The fourth-order valence-corrected chi connectivity index (χ4v) is 5.46. The smallest absolute Gasteiger partial charge is 0.138 e. The molecule has 3 saturated carbocycles. The standard InChI is InChI=1S/C16H19BrClNO/c17-14-7-19-16(18)6-15(14)20-8-9-3-12-10-1-2-11(5-10)13(12)4-9/h6-7,9-13H,1-5,8H2/t9?,10-,11+,12+,13-. The highest BCUT2D eigenvalue weighted by Gasteiger charge is 2.51. The minimum absolute atomic E-state index is 0.490. The fourth-order valence-electron chi connectivity index (χ4n) is 4.98. The molecule has 0 saturated heterocycles. The second-order valence-corrected chi connectivity index (χ2v) is 7.99. The quantitative estimate of drug-likeness (QED) is 0.715. The predicted molar refractivity (Wildman–Crippen MR) is 83.0 cm³/mol. The van der Waals surface area contributed by atoms with Crippen molar-refractivity contribution in [2.24, 2.45) is 29.6 Å². The number of nitrogens with zero attached hydrogens (tertiary/aromatic N) is 1. The van der Waals surface area contributed by atoms with Gasteiger partial charge in [0.25, 0.3) is 0 Å². The Morgan fingerprint density at radius 1 is 1.20 bits per heavy atom. The molecule has 4 heteroatoms. The van der Waals surface area contributed by atoms with Gasteiger partial charge in [0.1, 0.15) is 10.9 Å². The Morgan fingerprint density at radius 2 is 1.90 bits per heavy atom. The van der Waals surface area contributed by atoms with Crippen LogP contribution in [0.5, 0.6) is 5.75 Å². The van der Waals surface area contributed by atoms with Crippen molar-refractivity contribution < 1.29 is 4.74 Å². The third-order valence-electron chi connectivity index (χ3n) is 5.75. The highest BCUT2D eigenvalue weighted by molar-refractivity contribution is 9.10. The Hall–Kier alpha value is -0.280. The maximum atomic E-state index is 5.99. The van der Waals surface area contributed by atoms with Gasteiger partial charge in [0.05, 0.1) is 11.1 Å². The van der Waals surface area contributed by atoms with E-state index in [0.717, 1.165) is 46.4 Å². The third kappa shape index (κ3) is 2.27. The molecule has 2 bridgehead atoms. The highest BCUT2D eigenvalue weighted by Crippen LogP contribution is 2.60. The van der Waals surface area contributed by atoms with Gasteiger partial charge in [-0.1, -0.05) is 11.6 Å². The molecule has 3 fully saturated rings. The van der Waals surface area contributed by atoms with Crippen LogP contribution in [0.4, 0.5) is 0 Å². The lowest BCUT2D eigenvalue weighted by molar-refractivity contribution is 0.238. The SMILES string of the molecule is Clc1cc(OCC2C[C@@H]3[C@H]4CC[C@H](C4)[C@@H]3C2)c(Br)cn1. The Labute approximate surface area is 133 Å². The maximum Gasteiger partial charge on any atom is 0.138 e. The first-order valence-corrected chi connectivity index (χ1v) is 8.81. The van der Waals surface area contributed by atoms with Crippen molar-refractivity contribution in [1.82, 2.24) is 4.98 Å². The topological polar surface area (TPSA) is 22.1 Å². The molecule has 0 aromatic carbocycles. The van der Waals surface area contributed by atoms with Crippen LogP contribution in [-0.4, -0.2) is 11.6 Å². The molecule has 3 aliphatic carbocycles. The van der Waals surface area contributed by atoms with Crippen molar-refractivity contribution >= 4 is 27.5 Å². The number of hydrogen-bond donors (Lipinski definition) is 0. The zero-order valence-electron chi connectivity index (χ0n) is 11.4. The molecule has 108 valence electrons. The average molecular weight is 357 g/mol. The van der Waals surface area contributed by atoms with E-state index in [9.17, 15) is 0 Å². The van der Waals surface area contributed by atoms with E-state index >= 15 is 0 Å². The van der Waals surface area contributed by atoms with Crippen molar-refractivity contribution in [3.63, 3.8) is 0 Å². The molecule has 4 rings (SSSR count). The molecule has 1 aromatic heterocycles. The molecule has 0 amide bonds. The van der Waals surface area contributed by atoms with Gasteiger partial charge in [-0.15, -0.1) is 0 Å². The first-order chi connectivity index (χ1) is 9.70. The van der Waals surface area contributed by atoms with Gasteiger partial charge in [-0.25, -0.2) is 4.98 Å². The van der Waals surface area contributed by atoms with Gasteiger partial charge in [-0.2, -0.15) is 0 Å². The van der Waals surface area contributed by atoms with E-state index in [1.54, 1.807) is 12.3 Å². The van der Waals surface area contributed by atoms with Crippen molar-refractivity contribution in [3.8, 4) is 5.75 Å². The summed E-state index contributed by atoms with van der Waals surface area (Å²) in [7, 11) is 0.